The average Bonchev–Trinajstić information content (AvgIpc) is 3.27. The number of benzene rings is 2. The van der Waals surface area contributed by atoms with Gasteiger partial charge in [-0.3, -0.25) is 5.10 Å². The van der Waals surface area contributed by atoms with Gasteiger partial charge in [0.2, 0.25) is 5.95 Å². The fraction of sp³-hybridized carbons (Fsp3) is 0. The lowest BCUT2D eigenvalue weighted by Gasteiger charge is -2.09. The minimum Gasteiger partial charge on any atom is -0.368 e. The number of aromatic nitrogens is 5. The standard InChI is InChI=1S/C19H15N7/c20-19-21-6-5-17(25-19)23-13-7-12-10-22-26-18(12)14(9-13)16-8-11-3-1-2-4-15(11)24-16/h1-10,24H,(H,22,26)(H3,20,21,23,25). The zero-order valence-electron chi connectivity index (χ0n) is 13.7. The molecule has 0 aliphatic heterocycles. The fourth-order valence-corrected chi connectivity index (χ4v) is 3.15. The maximum absolute atomic E-state index is 5.67. The van der Waals surface area contributed by atoms with Crippen LogP contribution < -0.4 is 11.1 Å². The quantitative estimate of drug-likeness (QED) is 0.399. The number of nitrogens with zero attached hydrogens (tertiary/aromatic N) is 3. The van der Waals surface area contributed by atoms with Crippen LogP contribution >= 0.6 is 0 Å². The number of para-hydroxylation sites is 1. The molecule has 0 radical (unpaired) electrons. The van der Waals surface area contributed by atoms with Crippen LogP contribution in [-0.2, 0) is 0 Å². The molecule has 7 nitrogen and oxygen atoms in total. The first-order valence-corrected chi connectivity index (χ1v) is 8.17. The van der Waals surface area contributed by atoms with Gasteiger partial charge in [0.05, 0.1) is 11.7 Å². The SMILES string of the molecule is Nc1nccc(Nc2cc(-c3cc4ccccc4[nH]3)c3[nH]ncc3c2)n1. The number of anilines is 3. The van der Waals surface area contributed by atoms with E-state index in [9.17, 15) is 0 Å². The largest absolute Gasteiger partial charge is 0.368 e. The van der Waals surface area contributed by atoms with Crippen molar-refractivity contribution in [3.05, 3.63) is 60.9 Å². The fourth-order valence-electron chi connectivity index (χ4n) is 3.15. The third-order valence-electron chi connectivity index (χ3n) is 4.32. The van der Waals surface area contributed by atoms with Crippen LogP contribution in [0.15, 0.2) is 60.9 Å². The van der Waals surface area contributed by atoms with E-state index >= 15 is 0 Å². The van der Waals surface area contributed by atoms with E-state index in [1.165, 1.54) is 0 Å². The van der Waals surface area contributed by atoms with E-state index in [2.05, 4.69) is 54.7 Å². The molecule has 0 fully saturated rings. The van der Waals surface area contributed by atoms with Crippen molar-refractivity contribution in [2.24, 2.45) is 0 Å². The summed E-state index contributed by atoms with van der Waals surface area (Å²) < 4.78 is 0. The molecule has 0 saturated heterocycles. The summed E-state index contributed by atoms with van der Waals surface area (Å²) in [7, 11) is 0. The monoisotopic (exact) mass is 341 g/mol. The van der Waals surface area contributed by atoms with Gasteiger partial charge in [0, 0.05) is 39.4 Å². The van der Waals surface area contributed by atoms with Crippen LogP contribution in [0.1, 0.15) is 0 Å². The third kappa shape index (κ3) is 2.42. The molecule has 0 unspecified atom stereocenters. The van der Waals surface area contributed by atoms with Crippen molar-refractivity contribution in [2.75, 3.05) is 11.1 Å². The van der Waals surface area contributed by atoms with Gasteiger partial charge in [0.1, 0.15) is 5.82 Å². The van der Waals surface area contributed by atoms with Gasteiger partial charge >= 0.3 is 0 Å². The van der Waals surface area contributed by atoms with Crippen LogP contribution in [0.3, 0.4) is 0 Å². The van der Waals surface area contributed by atoms with Crippen LogP contribution in [0.25, 0.3) is 33.1 Å². The third-order valence-corrected chi connectivity index (χ3v) is 4.32. The van der Waals surface area contributed by atoms with E-state index in [0.717, 1.165) is 38.8 Å². The maximum atomic E-state index is 5.67. The van der Waals surface area contributed by atoms with Gasteiger partial charge < -0.3 is 16.0 Å². The van der Waals surface area contributed by atoms with Crippen molar-refractivity contribution in [3.8, 4) is 11.3 Å². The first-order chi connectivity index (χ1) is 12.8. The lowest BCUT2D eigenvalue weighted by Crippen LogP contribution is -1.99. The molecule has 0 aliphatic carbocycles. The van der Waals surface area contributed by atoms with Crippen LogP contribution in [0.5, 0.6) is 0 Å². The van der Waals surface area contributed by atoms with Gasteiger partial charge in [-0.2, -0.15) is 10.1 Å². The molecule has 3 aromatic heterocycles. The van der Waals surface area contributed by atoms with Crippen molar-refractivity contribution in [3.63, 3.8) is 0 Å². The van der Waals surface area contributed by atoms with Gasteiger partial charge in [-0.15, -0.1) is 0 Å². The molecule has 126 valence electrons. The second-order valence-electron chi connectivity index (χ2n) is 6.05. The topological polar surface area (TPSA) is 108 Å². The second-order valence-corrected chi connectivity index (χ2v) is 6.05. The molecule has 0 amide bonds. The molecular weight excluding hydrogens is 326 g/mol. The van der Waals surface area contributed by atoms with Crippen molar-refractivity contribution >= 4 is 39.3 Å². The predicted molar refractivity (Wildman–Crippen MR) is 103 cm³/mol. The van der Waals surface area contributed by atoms with Crippen molar-refractivity contribution in [1.82, 2.24) is 25.1 Å². The normalized spacial score (nSPS) is 11.2. The highest BCUT2D eigenvalue weighted by atomic mass is 15.1. The van der Waals surface area contributed by atoms with E-state index in [0.29, 0.717) is 5.82 Å². The van der Waals surface area contributed by atoms with Gasteiger partial charge in [-0.1, -0.05) is 18.2 Å². The molecule has 0 atom stereocenters. The molecular formula is C19H15N7. The molecule has 5 rings (SSSR count). The van der Waals surface area contributed by atoms with Gasteiger partial charge in [0.15, 0.2) is 0 Å². The van der Waals surface area contributed by atoms with Crippen molar-refractivity contribution in [1.29, 1.82) is 0 Å². The zero-order chi connectivity index (χ0) is 17.5. The smallest absolute Gasteiger partial charge is 0.221 e. The number of nitrogens with two attached hydrogens (primary N) is 1. The molecule has 26 heavy (non-hydrogen) atoms. The lowest BCUT2D eigenvalue weighted by atomic mass is 10.1. The number of aromatic amines is 2. The number of fused-ring (bicyclic) bond motifs is 2. The Morgan fingerprint density at radius 1 is 1.00 bits per heavy atom. The summed E-state index contributed by atoms with van der Waals surface area (Å²) in [6.07, 6.45) is 3.43. The molecule has 0 bridgehead atoms. The Kier molecular flexibility index (Phi) is 3.11. The summed E-state index contributed by atoms with van der Waals surface area (Å²) in [5.41, 5.74) is 10.7. The second kappa shape index (κ2) is 5.59. The first-order valence-electron chi connectivity index (χ1n) is 8.17. The van der Waals surface area contributed by atoms with E-state index in [4.69, 9.17) is 5.73 Å². The Bertz CT molecular complexity index is 1200. The number of hydrogen-bond donors (Lipinski definition) is 4. The number of nitrogens with one attached hydrogen (secondary N) is 3. The predicted octanol–water partition coefficient (Wildman–Crippen LogP) is 3.83. The van der Waals surface area contributed by atoms with Crippen LogP contribution in [0.4, 0.5) is 17.5 Å². The summed E-state index contributed by atoms with van der Waals surface area (Å²) in [5.74, 6) is 0.873. The van der Waals surface area contributed by atoms with E-state index in [1.54, 1.807) is 18.5 Å². The van der Waals surface area contributed by atoms with Crippen LogP contribution in [0, 0.1) is 0 Å². The summed E-state index contributed by atoms with van der Waals surface area (Å²) in [6.45, 7) is 0. The zero-order valence-corrected chi connectivity index (χ0v) is 13.7. The Balaban J connectivity index is 1.65. The molecule has 5 N–H and O–H groups in total. The number of rotatable bonds is 3. The van der Waals surface area contributed by atoms with Crippen LogP contribution in [0.2, 0.25) is 0 Å². The summed E-state index contributed by atoms with van der Waals surface area (Å²) in [5, 5.41) is 12.7. The number of hydrogen-bond acceptors (Lipinski definition) is 5. The minimum absolute atomic E-state index is 0.232. The van der Waals surface area contributed by atoms with E-state index in [-0.39, 0.29) is 5.95 Å². The Hall–Kier alpha value is -3.87. The Labute approximate surface area is 148 Å². The molecule has 5 aromatic rings. The lowest BCUT2D eigenvalue weighted by molar-refractivity contribution is 1.12. The summed E-state index contributed by atoms with van der Waals surface area (Å²) in [4.78, 5) is 11.6. The Morgan fingerprint density at radius 3 is 2.81 bits per heavy atom. The maximum Gasteiger partial charge on any atom is 0.221 e. The van der Waals surface area contributed by atoms with Gasteiger partial charge in [0.25, 0.3) is 0 Å². The summed E-state index contributed by atoms with van der Waals surface area (Å²) >= 11 is 0. The molecule has 0 saturated carbocycles. The number of H-pyrrole nitrogens is 2. The molecule has 0 spiro atoms. The van der Waals surface area contributed by atoms with Crippen molar-refractivity contribution in [2.45, 2.75) is 0 Å². The average molecular weight is 341 g/mol. The first kappa shape index (κ1) is 14.5. The Morgan fingerprint density at radius 2 is 1.92 bits per heavy atom. The highest BCUT2D eigenvalue weighted by Crippen LogP contribution is 2.33. The van der Waals surface area contributed by atoms with Gasteiger partial charge in [-0.25, -0.2) is 4.98 Å². The molecule has 2 aromatic carbocycles. The molecule has 3 heterocycles. The van der Waals surface area contributed by atoms with Gasteiger partial charge in [-0.05, 0) is 30.3 Å². The highest BCUT2D eigenvalue weighted by Gasteiger charge is 2.11. The molecule has 0 aliphatic rings. The van der Waals surface area contributed by atoms with Crippen molar-refractivity contribution < 1.29 is 0 Å². The molecule has 7 heteroatoms. The number of nitrogen functional groups attached to an aromatic ring is 1. The summed E-state index contributed by atoms with van der Waals surface area (Å²) in [6, 6.07) is 16.2. The minimum atomic E-state index is 0.232. The highest BCUT2D eigenvalue weighted by molar-refractivity contribution is 5.98. The van der Waals surface area contributed by atoms with Crippen LogP contribution in [-0.4, -0.2) is 25.1 Å². The van der Waals surface area contributed by atoms with E-state index in [1.807, 2.05) is 18.2 Å². The van der Waals surface area contributed by atoms with E-state index < -0.39 is 0 Å².